The highest BCUT2D eigenvalue weighted by molar-refractivity contribution is 5.68. The lowest BCUT2D eigenvalue weighted by atomic mass is 10.1. The smallest absolute Gasteiger partial charge is 0.167 e. The summed E-state index contributed by atoms with van der Waals surface area (Å²) in [5.41, 5.74) is 3.46. The summed E-state index contributed by atoms with van der Waals surface area (Å²) in [7, 11) is 1.64. The van der Waals surface area contributed by atoms with Crippen LogP contribution in [0.4, 0.5) is 0 Å². The van der Waals surface area contributed by atoms with E-state index in [2.05, 4.69) is 20.7 Å². The van der Waals surface area contributed by atoms with Crippen LogP contribution in [0.25, 0.3) is 28.3 Å². The third-order valence-electron chi connectivity index (χ3n) is 3.64. The van der Waals surface area contributed by atoms with E-state index >= 15 is 0 Å². The maximum Gasteiger partial charge on any atom is 0.167 e. The fourth-order valence-corrected chi connectivity index (χ4v) is 2.39. The van der Waals surface area contributed by atoms with E-state index in [1.54, 1.807) is 18.1 Å². The summed E-state index contributed by atoms with van der Waals surface area (Å²) in [6.07, 6.45) is 1.55. The van der Waals surface area contributed by atoms with E-state index in [9.17, 15) is 0 Å². The SMILES string of the molecule is COc1ccc(-c2cc(-c3cccc(-n4cnnn4)c3)no2)cc1. The number of methoxy groups -OCH3 is 1. The summed E-state index contributed by atoms with van der Waals surface area (Å²) in [5.74, 6) is 1.49. The molecular formula is C17H13N5O2. The first kappa shape index (κ1) is 14.1. The third kappa shape index (κ3) is 2.63. The predicted octanol–water partition coefficient (Wildman–Crippen LogP) is 2.99. The number of ether oxygens (including phenoxy) is 1. The number of nitrogens with zero attached hydrogens (tertiary/aromatic N) is 5. The van der Waals surface area contributed by atoms with Gasteiger partial charge >= 0.3 is 0 Å². The molecule has 2 aromatic carbocycles. The second kappa shape index (κ2) is 5.96. The fourth-order valence-electron chi connectivity index (χ4n) is 2.39. The zero-order valence-corrected chi connectivity index (χ0v) is 12.8. The van der Waals surface area contributed by atoms with Gasteiger partial charge in [0.25, 0.3) is 0 Å². The molecule has 0 fully saturated rings. The van der Waals surface area contributed by atoms with Gasteiger partial charge in [-0.15, -0.1) is 5.10 Å². The van der Waals surface area contributed by atoms with Crippen LogP contribution in [0, 0.1) is 0 Å². The van der Waals surface area contributed by atoms with Crippen molar-refractivity contribution in [3.8, 4) is 34.0 Å². The molecule has 24 heavy (non-hydrogen) atoms. The van der Waals surface area contributed by atoms with Crippen LogP contribution in [0.5, 0.6) is 5.75 Å². The molecule has 0 N–H and O–H groups in total. The zero-order chi connectivity index (χ0) is 16.4. The molecule has 0 bridgehead atoms. The number of hydrogen-bond acceptors (Lipinski definition) is 6. The number of rotatable bonds is 4. The molecule has 0 radical (unpaired) electrons. The Labute approximate surface area is 137 Å². The van der Waals surface area contributed by atoms with E-state index in [4.69, 9.17) is 9.26 Å². The highest BCUT2D eigenvalue weighted by Crippen LogP contribution is 2.28. The number of aromatic nitrogens is 5. The molecule has 7 nitrogen and oxygen atoms in total. The van der Waals surface area contributed by atoms with E-state index in [0.717, 1.165) is 28.3 Å². The van der Waals surface area contributed by atoms with Crippen LogP contribution in [0.3, 0.4) is 0 Å². The van der Waals surface area contributed by atoms with Gasteiger partial charge in [0.1, 0.15) is 17.8 Å². The van der Waals surface area contributed by atoms with Crippen LogP contribution in [0.1, 0.15) is 0 Å². The fraction of sp³-hybridized carbons (Fsp3) is 0.0588. The van der Waals surface area contributed by atoms with Crippen LogP contribution in [0.2, 0.25) is 0 Å². The molecule has 0 aliphatic heterocycles. The van der Waals surface area contributed by atoms with Gasteiger partial charge in [-0.2, -0.15) is 0 Å². The molecule has 0 saturated carbocycles. The monoisotopic (exact) mass is 319 g/mol. The Hall–Kier alpha value is -3.48. The van der Waals surface area contributed by atoms with Crippen molar-refractivity contribution < 1.29 is 9.26 Å². The van der Waals surface area contributed by atoms with Crippen molar-refractivity contribution >= 4 is 0 Å². The van der Waals surface area contributed by atoms with Crippen LogP contribution >= 0.6 is 0 Å². The Kier molecular flexibility index (Phi) is 3.51. The molecule has 0 atom stereocenters. The van der Waals surface area contributed by atoms with Crippen LogP contribution < -0.4 is 4.74 Å². The summed E-state index contributed by atoms with van der Waals surface area (Å²) in [6.45, 7) is 0. The van der Waals surface area contributed by atoms with Gasteiger partial charge in [0.15, 0.2) is 5.76 Å². The first-order chi connectivity index (χ1) is 11.8. The molecular weight excluding hydrogens is 306 g/mol. The minimum Gasteiger partial charge on any atom is -0.497 e. The van der Waals surface area contributed by atoms with E-state index in [-0.39, 0.29) is 0 Å². The Balaban J connectivity index is 1.66. The summed E-state index contributed by atoms with van der Waals surface area (Å²) in [4.78, 5) is 0. The van der Waals surface area contributed by atoms with Crippen molar-refractivity contribution in [2.75, 3.05) is 7.11 Å². The Bertz CT molecular complexity index is 945. The van der Waals surface area contributed by atoms with E-state index in [1.807, 2.05) is 54.6 Å². The Morgan fingerprint density at radius 1 is 1.00 bits per heavy atom. The lowest BCUT2D eigenvalue weighted by Gasteiger charge is -2.01. The second-order valence-corrected chi connectivity index (χ2v) is 5.11. The Morgan fingerprint density at radius 3 is 2.62 bits per heavy atom. The average Bonchev–Trinajstić information content (AvgIpc) is 3.34. The second-order valence-electron chi connectivity index (χ2n) is 5.11. The van der Waals surface area contributed by atoms with Gasteiger partial charge in [-0.3, -0.25) is 0 Å². The molecule has 2 heterocycles. The van der Waals surface area contributed by atoms with Gasteiger partial charge in [0, 0.05) is 17.2 Å². The molecule has 0 saturated heterocycles. The topological polar surface area (TPSA) is 78.9 Å². The quantitative estimate of drug-likeness (QED) is 0.575. The molecule has 0 amide bonds. The van der Waals surface area contributed by atoms with Crippen LogP contribution in [0.15, 0.2) is 65.4 Å². The lowest BCUT2D eigenvalue weighted by Crippen LogP contribution is -1.95. The van der Waals surface area contributed by atoms with E-state index < -0.39 is 0 Å². The van der Waals surface area contributed by atoms with Gasteiger partial charge in [0.05, 0.1) is 12.8 Å². The number of tetrazole rings is 1. The van der Waals surface area contributed by atoms with Crippen molar-refractivity contribution in [3.05, 3.63) is 60.9 Å². The molecule has 118 valence electrons. The van der Waals surface area contributed by atoms with Crippen LogP contribution in [-0.2, 0) is 0 Å². The van der Waals surface area contributed by atoms with Crippen molar-refractivity contribution in [2.45, 2.75) is 0 Å². The van der Waals surface area contributed by atoms with Crippen molar-refractivity contribution in [1.82, 2.24) is 25.4 Å². The molecule has 0 unspecified atom stereocenters. The minimum absolute atomic E-state index is 0.695. The maximum atomic E-state index is 5.47. The highest BCUT2D eigenvalue weighted by Gasteiger charge is 2.10. The van der Waals surface area contributed by atoms with Gasteiger partial charge < -0.3 is 9.26 Å². The van der Waals surface area contributed by atoms with Gasteiger partial charge in [0.2, 0.25) is 0 Å². The molecule has 7 heteroatoms. The first-order valence-electron chi connectivity index (χ1n) is 7.28. The maximum absolute atomic E-state index is 5.47. The molecule has 2 aromatic heterocycles. The minimum atomic E-state index is 0.695. The van der Waals surface area contributed by atoms with Crippen LogP contribution in [-0.4, -0.2) is 32.5 Å². The third-order valence-corrected chi connectivity index (χ3v) is 3.64. The summed E-state index contributed by atoms with van der Waals surface area (Å²) >= 11 is 0. The molecule has 0 spiro atoms. The molecule has 4 rings (SSSR count). The zero-order valence-electron chi connectivity index (χ0n) is 12.8. The first-order valence-corrected chi connectivity index (χ1v) is 7.28. The van der Waals surface area contributed by atoms with Gasteiger partial charge in [-0.05, 0) is 46.8 Å². The lowest BCUT2D eigenvalue weighted by molar-refractivity contribution is 0.414. The number of hydrogen-bond donors (Lipinski definition) is 0. The van der Waals surface area contributed by atoms with E-state index in [0.29, 0.717) is 5.76 Å². The summed E-state index contributed by atoms with van der Waals surface area (Å²) < 4.78 is 12.2. The van der Waals surface area contributed by atoms with Gasteiger partial charge in [-0.25, -0.2) is 4.68 Å². The van der Waals surface area contributed by atoms with Gasteiger partial charge in [-0.1, -0.05) is 17.3 Å². The standard InChI is InChI=1S/C17H13N5O2/c1-23-15-7-5-12(6-8-15)17-10-16(19-24-17)13-3-2-4-14(9-13)22-11-18-20-21-22/h2-11H,1H3. The average molecular weight is 319 g/mol. The van der Waals surface area contributed by atoms with Crippen molar-refractivity contribution in [3.63, 3.8) is 0 Å². The largest absolute Gasteiger partial charge is 0.497 e. The highest BCUT2D eigenvalue weighted by atomic mass is 16.5. The Morgan fingerprint density at radius 2 is 1.88 bits per heavy atom. The molecule has 0 aliphatic carbocycles. The molecule has 4 aromatic rings. The van der Waals surface area contributed by atoms with E-state index in [1.165, 1.54) is 0 Å². The molecule has 0 aliphatic rings. The summed E-state index contributed by atoms with van der Waals surface area (Å²) in [6, 6.07) is 17.3. The number of benzene rings is 2. The van der Waals surface area contributed by atoms with Crippen molar-refractivity contribution in [2.24, 2.45) is 0 Å². The normalized spacial score (nSPS) is 10.7. The predicted molar refractivity (Wildman–Crippen MR) is 86.6 cm³/mol. The van der Waals surface area contributed by atoms with Crippen molar-refractivity contribution in [1.29, 1.82) is 0 Å². The summed E-state index contributed by atoms with van der Waals surface area (Å²) in [5, 5.41) is 15.3.